The number of unbranched alkanes of at least 4 members (excludes halogenated alkanes) is 9. The van der Waals surface area contributed by atoms with Gasteiger partial charge in [-0.1, -0.05) is 117 Å². The summed E-state index contributed by atoms with van der Waals surface area (Å²) in [5.41, 5.74) is 0.364. The van der Waals surface area contributed by atoms with Gasteiger partial charge in [0.25, 0.3) is 11.8 Å². The van der Waals surface area contributed by atoms with Crippen LogP contribution in [0.2, 0.25) is 0 Å². The smallest absolute Gasteiger partial charge is 0.338 e. The Balaban J connectivity index is 1.68. The number of ketones is 1. The topological polar surface area (TPSA) is 131 Å². The molecular formula is C35H44BrN3O7. The first kappa shape index (κ1) is 36.5. The molecule has 0 radical (unpaired) electrons. The highest BCUT2D eigenvalue weighted by Gasteiger charge is 2.46. The van der Waals surface area contributed by atoms with Crippen molar-refractivity contribution in [2.75, 3.05) is 24.4 Å². The third-order valence-electron chi connectivity index (χ3n) is 7.60. The van der Waals surface area contributed by atoms with Crippen molar-refractivity contribution in [3.8, 4) is 5.75 Å². The van der Waals surface area contributed by atoms with Crippen LogP contribution in [-0.2, 0) is 14.3 Å². The molecule has 1 aliphatic heterocycles. The highest BCUT2D eigenvalue weighted by atomic mass is 79.9. The van der Waals surface area contributed by atoms with Crippen molar-refractivity contribution in [2.24, 2.45) is 0 Å². The van der Waals surface area contributed by atoms with Crippen LogP contribution in [0, 0.1) is 0 Å². The standard InChI is InChI=1S/C35H44BrN3O7/c1-3-4-5-6-7-8-9-10-11-15-23-46-34(43)26-20-21-29(45-2)28(24-26)37-32(41)30(31(40)25-17-13-12-14-18-25)39-33(42)27(19-16-22-36)38-35(39)44/h12-14,17-21,24,30H,3-11,15-16,22-23H2,1-2H3,(H,37,41)(H,38,44). The number of rotatable bonds is 20. The molecule has 1 saturated heterocycles. The summed E-state index contributed by atoms with van der Waals surface area (Å²) >= 11 is 3.27. The molecule has 0 spiro atoms. The number of esters is 1. The van der Waals surface area contributed by atoms with E-state index in [9.17, 15) is 24.0 Å². The number of ether oxygens (including phenoxy) is 2. The van der Waals surface area contributed by atoms with Crippen molar-refractivity contribution in [3.05, 3.63) is 71.4 Å². The lowest BCUT2D eigenvalue weighted by Gasteiger charge is -2.23. The van der Waals surface area contributed by atoms with E-state index in [1.54, 1.807) is 18.2 Å². The highest BCUT2D eigenvalue weighted by molar-refractivity contribution is 9.09. The van der Waals surface area contributed by atoms with Crippen LogP contribution in [0.3, 0.4) is 0 Å². The Bertz CT molecular complexity index is 1380. The zero-order chi connectivity index (χ0) is 33.3. The maximum atomic E-state index is 13.8. The Hall–Kier alpha value is -3.99. The van der Waals surface area contributed by atoms with Crippen molar-refractivity contribution in [2.45, 2.75) is 83.6 Å². The number of urea groups is 1. The fraction of sp³-hybridized carbons (Fsp3) is 0.457. The van der Waals surface area contributed by atoms with Crippen LogP contribution in [0.25, 0.3) is 0 Å². The van der Waals surface area contributed by atoms with Crippen LogP contribution in [0.1, 0.15) is 98.3 Å². The van der Waals surface area contributed by atoms with E-state index in [4.69, 9.17) is 9.47 Å². The van der Waals surface area contributed by atoms with Crippen LogP contribution in [0.5, 0.6) is 5.75 Å². The quantitative estimate of drug-likeness (QED) is 0.0285. The molecule has 0 aliphatic carbocycles. The van der Waals surface area contributed by atoms with Crippen LogP contribution < -0.4 is 15.4 Å². The molecule has 2 N–H and O–H groups in total. The van der Waals surface area contributed by atoms with Gasteiger partial charge in [-0.05, 0) is 31.0 Å². The summed E-state index contributed by atoms with van der Waals surface area (Å²) in [6, 6.07) is 9.58. The van der Waals surface area contributed by atoms with Gasteiger partial charge in [0.2, 0.25) is 0 Å². The van der Waals surface area contributed by atoms with Crippen molar-refractivity contribution in [3.63, 3.8) is 0 Å². The largest absolute Gasteiger partial charge is 0.495 e. The third kappa shape index (κ3) is 10.5. The Morgan fingerprint density at radius 1 is 0.913 bits per heavy atom. The Labute approximate surface area is 279 Å². The number of carbonyl (C=O) groups is 5. The van der Waals surface area contributed by atoms with Crippen LogP contribution in [0.15, 0.2) is 60.3 Å². The molecule has 1 aliphatic rings. The average molecular weight is 699 g/mol. The number of benzene rings is 2. The number of halogens is 1. The number of nitrogens with one attached hydrogen (secondary N) is 2. The average Bonchev–Trinajstić information content (AvgIpc) is 3.34. The molecule has 46 heavy (non-hydrogen) atoms. The fourth-order valence-corrected chi connectivity index (χ4v) is 5.34. The molecule has 0 bridgehead atoms. The molecule has 10 nitrogen and oxygen atoms in total. The summed E-state index contributed by atoms with van der Waals surface area (Å²) in [5, 5.41) is 5.60. The molecular weight excluding hydrogens is 654 g/mol. The number of amides is 4. The molecule has 1 atom stereocenters. The van der Waals surface area contributed by atoms with Gasteiger partial charge in [0.15, 0.2) is 11.8 Å². The molecule has 248 valence electrons. The van der Waals surface area contributed by atoms with Crippen molar-refractivity contribution >= 4 is 51.2 Å². The van der Waals surface area contributed by atoms with Crippen LogP contribution in [-0.4, -0.2) is 59.6 Å². The molecule has 2 aromatic rings. The Morgan fingerprint density at radius 3 is 2.20 bits per heavy atom. The monoisotopic (exact) mass is 697 g/mol. The van der Waals surface area contributed by atoms with Gasteiger partial charge in [-0.3, -0.25) is 14.4 Å². The number of imide groups is 1. The Kier molecular flexibility index (Phi) is 15.5. The summed E-state index contributed by atoms with van der Waals surface area (Å²) in [6.07, 6.45) is 13.6. The number of methoxy groups -OCH3 is 1. The highest BCUT2D eigenvalue weighted by Crippen LogP contribution is 2.28. The summed E-state index contributed by atoms with van der Waals surface area (Å²) in [4.78, 5) is 67.0. The second kappa shape index (κ2) is 19.5. The maximum absolute atomic E-state index is 13.8. The number of hydrogen-bond acceptors (Lipinski definition) is 7. The van der Waals surface area contributed by atoms with E-state index >= 15 is 0 Å². The predicted octanol–water partition coefficient (Wildman–Crippen LogP) is 7.18. The minimum absolute atomic E-state index is 0.0205. The van der Waals surface area contributed by atoms with E-state index in [0.717, 1.165) is 19.3 Å². The van der Waals surface area contributed by atoms with E-state index in [1.165, 1.54) is 88.5 Å². The number of alkyl halides is 1. The van der Waals surface area contributed by atoms with Crippen LogP contribution in [0.4, 0.5) is 10.5 Å². The summed E-state index contributed by atoms with van der Waals surface area (Å²) < 4.78 is 10.9. The minimum Gasteiger partial charge on any atom is -0.495 e. The van der Waals surface area contributed by atoms with Gasteiger partial charge in [-0.2, -0.15) is 0 Å². The predicted molar refractivity (Wildman–Crippen MR) is 180 cm³/mol. The first-order valence-corrected chi connectivity index (χ1v) is 17.1. The number of carbonyl (C=O) groups excluding carboxylic acids is 5. The Morgan fingerprint density at radius 2 is 1.57 bits per heavy atom. The third-order valence-corrected chi connectivity index (χ3v) is 8.06. The molecule has 2 aromatic carbocycles. The number of anilines is 1. The SMILES string of the molecule is CCCCCCCCCCCCOC(=O)c1ccc(OC)c(NC(=O)C(C(=O)c2ccccc2)N2C(=O)NC(=CCCBr)C2=O)c1. The van der Waals surface area contributed by atoms with Gasteiger partial charge in [0, 0.05) is 10.9 Å². The second-order valence-electron chi connectivity index (χ2n) is 11.1. The van der Waals surface area contributed by atoms with Gasteiger partial charge in [0.1, 0.15) is 11.4 Å². The van der Waals surface area contributed by atoms with Gasteiger partial charge < -0.3 is 20.1 Å². The first-order valence-electron chi connectivity index (χ1n) is 16.0. The summed E-state index contributed by atoms with van der Waals surface area (Å²) in [6.45, 7) is 2.49. The zero-order valence-corrected chi connectivity index (χ0v) is 28.2. The fourth-order valence-electron chi connectivity index (χ4n) is 5.11. The molecule has 0 saturated carbocycles. The lowest BCUT2D eigenvalue weighted by Crippen LogP contribution is -2.52. The van der Waals surface area contributed by atoms with E-state index in [-0.39, 0.29) is 34.9 Å². The lowest BCUT2D eigenvalue weighted by molar-refractivity contribution is -0.129. The minimum atomic E-state index is -1.83. The number of nitrogens with zero attached hydrogens (tertiary/aromatic N) is 1. The molecule has 4 amide bonds. The van der Waals surface area contributed by atoms with Crippen molar-refractivity contribution < 1.29 is 33.4 Å². The van der Waals surface area contributed by atoms with Gasteiger partial charge >= 0.3 is 12.0 Å². The van der Waals surface area contributed by atoms with Gasteiger partial charge in [-0.25, -0.2) is 14.5 Å². The number of Topliss-reactive ketones (excluding diaryl/α,β-unsaturated/α-hetero) is 1. The van der Waals surface area contributed by atoms with E-state index in [1.807, 2.05) is 0 Å². The first-order chi connectivity index (χ1) is 22.3. The van der Waals surface area contributed by atoms with Gasteiger partial charge in [0.05, 0.1) is 25.0 Å². The zero-order valence-electron chi connectivity index (χ0n) is 26.6. The van der Waals surface area contributed by atoms with E-state index in [0.29, 0.717) is 16.7 Å². The van der Waals surface area contributed by atoms with Crippen molar-refractivity contribution in [1.82, 2.24) is 10.2 Å². The molecule has 1 fully saturated rings. The normalized spacial score (nSPS) is 14.2. The summed E-state index contributed by atoms with van der Waals surface area (Å²) in [5.74, 6) is -2.86. The van der Waals surface area contributed by atoms with E-state index < -0.39 is 35.6 Å². The summed E-state index contributed by atoms with van der Waals surface area (Å²) in [7, 11) is 1.39. The molecule has 1 unspecified atom stereocenters. The number of hydrogen-bond donors (Lipinski definition) is 2. The molecule has 0 aromatic heterocycles. The van der Waals surface area contributed by atoms with Gasteiger partial charge in [-0.15, -0.1) is 0 Å². The molecule has 1 heterocycles. The van der Waals surface area contributed by atoms with Crippen molar-refractivity contribution in [1.29, 1.82) is 0 Å². The second-order valence-corrected chi connectivity index (χ2v) is 11.8. The lowest BCUT2D eigenvalue weighted by atomic mass is 10.0. The molecule has 11 heteroatoms. The number of allylic oxidation sites excluding steroid dienone is 1. The van der Waals surface area contributed by atoms with Crippen LogP contribution >= 0.6 is 15.9 Å². The maximum Gasteiger partial charge on any atom is 0.338 e. The van der Waals surface area contributed by atoms with E-state index in [2.05, 4.69) is 33.5 Å². The molecule has 3 rings (SSSR count).